The van der Waals surface area contributed by atoms with Crippen LogP contribution in [0.25, 0.3) is 0 Å². The lowest BCUT2D eigenvalue weighted by atomic mass is 10.0. The molecule has 0 amide bonds. The van der Waals surface area contributed by atoms with Crippen molar-refractivity contribution in [2.75, 3.05) is 0 Å². The van der Waals surface area contributed by atoms with Crippen LogP contribution in [-0.4, -0.2) is 6.04 Å². The van der Waals surface area contributed by atoms with Crippen molar-refractivity contribution in [3.63, 3.8) is 0 Å². The number of allylic oxidation sites excluding steroid dienone is 1. The van der Waals surface area contributed by atoms with E-state index in [1.165, 1.54) is 83.5 Å². The summed E-state index contributed by atoms with van der Waals surface area (Å²) in [6, 6.07) is 0.364. The van der Waals surface area contributed by atoms with Gasteiger partial charge in [-0.15, -0.1) is 0 Å². The summed E-state index contributed by atoms with van der Waals surface area (Å²) < 4.78 is 0. The fourth-order valence-electron chi connectivity index (χ4n) is 2.87. The smallest absolute Gasteiger partial charge is 0.0229 e. The summed E-state index contributed by atoms with van der Waals surface area (Å²) >= 11 is 0. The molecule has 0 spiro atoms. The zero-order chi connectivity index (χ0) is 13.1. The van der Waals surface area contributed by atoms with Gasteiger partial charge in [-0.2, -0.15) is 0 Å². The molecule has 2 N–H and O–H groups in total. The quantitative estimate of drug-likeness (QED) is 0.389. The minimum atomic E-state index is 0.364. The molecule has 1 heteroatoms. The third-order valence-corrected chi connectivity index (χ3v) is 4.10. The number of hydrogen-bond donors (Lipinski definition) is 1. The van der Waals surface area contributed by atoms with E-state index in [4.69, 9.17) is 5.73 Å². The van der Waals surface area contributed by atoms with Crippen LogP contribution in [0.15, 0.2) is 11.6 Å². The molecule has 1 unspecified atom stereocenters. The Balaban J connectivity index is 1.77. The Morgan fingerprint density at radius 3 is 2.00 bits per heavy atom. The molecule has 0 aromatic rings. The van der Waals surface area contributed by atoms with Crippen LogP contribution in [0.3, 0.4) is 0 Å². The first kappa shape index (κ1) is 15.8. The van der Waals surface area contributed by atoms with Gasteiger partial charge in [0.15, 0.2) is 0 Å². The second-order valence-corrected chi connectivity index (χ2v) is 5.96. The van der Waals surface area contributed by atoms with Gasteiger partial charge in [0.05, 0.1) is 0 Å². The molecule has 0 radical (unpaired) electrons. The fraction of sp³-hybridized carbons (Fsp3) is 0.882. The maximum absolute atomic E-state index is 5.87. The van der Waals surface area contributed by atoms with Crippen LogP contribution in [0.5, 0.6) is 0 Å². The maximum Gasteiger partial charge on any atom is 0.0229 e. The van der Waals surface area contributed by atoms with Gasteiger partial charge in [-0.25, -0.2) is 0 Å². The van der Waals surface area contributed by atoms with Crippen LogP contribution >= 0.6 is 0 Å². The lowest BCUT2D eigenvalue weighted by Crippen LogP contribution is -2.11. The molecule has 0 heterocycles. The van der Waals surface area contributed by atoms with Gasteiger partial charge in [0.2, 0.25) is 0 Å². The van der Waals surface area contributed by atoms with Gasteiger partial charge in [-0.05, 0) is 25.7 Å². The maximum atomic E-state index is 5.87. The molecule has 1 aliphatic rings. The molecule has 106 valence electrons. The molecule has 0 bridgehead atoms. The SMILES string of the molecule is CCCCCCCCCCCCC1=CC(N)CC1. The van der Waals surface area contributed by atoms with Crippen molar-refractivity contribution in [1.29, 1.82) is 0 Å². The summed E-state index contributed by atoms with van der Waals surface area (Å²) in [4.78, 5) is 0. The topological polar surface area (TPSA) is 26.0 Å². The van der Waals surface area contributed by atoms with Crippen LogP contribution in [0.2, 0.25) is 0 Å². The van der Waals surface area contributed by atoms with Gasteiger partial charge in [-0.3, -0.25) is 0 Å². The second kappa shape index (κ2) is 10.6. The predicted octanol–water partition coefficient (Wildman–Crippen LogP) is 5.34. The van der Waals surface area contributed by atoms with E-state index in [-0.39, 0.29) is 0 Å². The Morgan fingerprint density at radius 1 is 0.944 bits per heavy atom. The largest absolute Gasteiger partial charge is 0.324 e. The predicted molar refractivity (Wildman–Crippen MR) is 81.8 cm³/mol. The molecular weight excluding hydrogens is 218 g/mol. The molecule has 18 heavy (non-hydrogen) atoms. The minimum Gasteiger partial charge on any atom is -0.324 e. The van der Waals surface area contributed by atoms with Gasteiger partial charge in [0, 0.05) is 6.04 Å². The zero-order valence-corrected chi connectivity index (χ0v) is 12.4. The van der Waals surface area contributed by atoms with E-state index in [9.17, 15) is 0 Å². The highest BCUT2D eigenvalue weighted by Gasteiger charge is 2.10. The Hall–Kier alpha value is -0.300. The summed E-state index contributed by atoms with van der Waals surface area (Å²) in [5.74, 6) is 0. The average Bonchev–Trinajstić information content (AvgIpc) is 2.77. The van der Waals surface area contributed by atoms with Crippen LogP contribution in [0.1, 0.15) is 90.4 Å². The molecule has 0 saturated carbocycles. The second-order valence-electron chi connectivity index (χ2n) is 5.96. The summed E-state index contributed by atoms with van der Waals surface area (Å²) in [7, 11) is 0. The summed E-state index contributed by atoms with van der Waals surface area (Å²) in [5.41, 5.74) is 7.50. The van der Waals surface area contributed by atoms with E-state index < -0.39 is 0 Å². The molecule has 1 nitrogen and oxygen atoms in total. The van der Waals surface area contributed by atoms with Crippen LogP contribution in [-0.2, 0) is 0 Å². The fourth-order valence-corrected chi connectivity index (χ4v) is 2.87. The van der Waals surface area contributed by atoms with Crippen molar-refractivity contribution < 1.29 is 0 Å². The molecule has 0 aromatic heterocycles. The van der Waals surface area contributed by atoms with E-state index in [0.717, 1.165) is 0 Å². The summed E-state index contributed by atoms with van der Waals surface area (Å²) in [6.07, 6.45) is 20.4. The third kappa shape index (κ3) is 7.92. The van der Waals surface area contributed by atoms with Crippen LogP contribution in [0, 0.1) is 0 Å². The first-order valence-corrected chi connectivity index (χ1v) is 8.28. The lowest BCUT2D eigenvalue weighted by Gasteiger charge is -2.03. The number of rotatable bonds is 11. The van der Waals surface area contributed by atoms with E-state index in [2.05, 4.69) is 13.0 Å². The molecule has 1 atom stereocenters. The van der Waals surface area contributed by atoms with Gasteiger partial charge in [-0.1, -0.05) is 76.4 Å². The van der Waals surface area contributed by atoms with Gasteiger partial charge in [0.1, 0.15) is 0 Å². The lowest BCUT2D eigenvalue weighted by molar-refractivity contribution is 0.555. The highest BCUT2D eigenvalue weighted by atomic mass is 14.6. The van der Waals surface area contributed by atoms with Crippen LogP contribution < -0.4 is 5.73 Å². The van der Waals surface area contributed by atoms with E-state index >= 15 is 0 Å². The first-order chi connectivity index (χ1) is 8.83. The van der Waals surface area contributed by atoms with Gasteiger partial charge in [0.25, 0.3) is 0 Å². The minimum absolute atomic E-state index is 0.364. The molecule has 0 fully saturated rings. The molecule has 0 aliphatic heterocycles. The van der Waals surface area contributed by atoms with E-state index in [1.807, 2.05) is 0 Å². The van der Waals surface area contributed by atoms with Crippen molar-refractivity contribution in [2.45, 2.75) is 96.4 Å². The van der Waals surface area contributed by atoms with Crippen molar-refractivity contribution >= 4 is 0 Å². The normalized spacial score (nSPS) is 19.2. The Labute approximate surface area is 114 Å². The Bertz CT molecular complexity index is 220. The molecule has 1 aliphatic carbocycles. The number of unbranched alkanes of at least 4 members (excludes halogenated alkanes) is 9. The van der Waals surface area contributed by atoms with Crippen molar-refractivity contribution in [3.05, 3.63) is 11.6 Å². The highest BCUT2D eigenvalue weighted by Crippen LogP contribution is 2.22. The van der Waals surface area contributed by atoms with Crippen molar-refractivity contribution in [1.82, 2.24) is 0 Å². The zero-order valence-electron chi connectivity index (χ0n) is 12.4. The number of nitrogens with two attached hydrogens (primary N) is 1. The van der Waals surface area contributed by atoms with Crippen molar-refractivity contribution in [2.24, 2.45) is 5.73 Å². The molecular formula is C17H33N. The Kier molecular flexibility index (Phi) is 9.28. The van der Waals surface area contributed by atoms with Crippen molar-refractivity contribution in [3.8, 4) is 0 Å². The summed E-state index contributed by atoms with van der Waals surface area (Å²) in [6.45, 7) is 2.28. The Morgan fingerprint density at radius 2 is 1.50 bits per heavy atom. The summed E-state index contributed by atoms with van der Waals surface area (Å²) in [5, 5.41) is 0. The molecule has 0 aromatic carbocycles. The average molecular weight is 251 g/mol. The number of hydrogen-bond acceptors (Lipinski definition) is 1. The molecule has 1 rings (SSSR count). The van der Waals surface area contributed by atoms with E-state index in [1.54, 1.807) is 5.57 Å². The van der Waals surface area contributed by atoms with Crippen LogP contribution in [0.4, 0.5) is 0 Å². The standard InChI is InChI=1S/C17H33N/c1-2-3-4-5-6-7-8-9-10-11-12-16-13-14-17(18)15-16/h15,17H,2-14,18H2,1H3. The monoisotopic (exact) mass is 251 g/mol. The van der Waals surface area contributed by atoms with E-state index in [0.29, 0.717) is 6.04 Å². The van der Waals surface area contributed by atoms with Gasteiger partial charge >= 0.3 is 0 Å². The highest BCUT2D eigenvalue weighted by molar-refractivity contribution is 5.12. The van der Waals surface area contributed by atoms with Gasteiger partial charge < -0.3 is 5.73 Å². The third-order valence-electron chi connectivity index (χ3n) is 4.10. The first-order valence-electron chi connectivity index (χ1n) is 8.28. The molecule has 0 saturated heterocycles.